The molecule has 1 amide bonds. The molecule has 3 rings (SSSR count). The van der Waals surface area contributed by atoms with Gasteiger partial charge in [0.25, 0.3) is 0 Å². The molecule has 1 aromatic rings. The molecule has 0 bridgehead atoms. The molecular formula is C19H26F2N2O2. The molecule has 4 nitrogen and oxygen atoms in total. The number of hydrogen-bond donors (Lipinski definition) is 1. The predicted molar refractivity (Wildman–Crippen MR) is 90.9 cm³/mol. The minimum absolute atomic E-state index is 0.0592. The minimum Gasteiger partial charge on any atom is -0.378 e. The molecule has 0 aromatic heterocycles. The van der Waals surface area contributed by atoms with Crippen molar-refractivity contribution in [2.75, 3.05) is 19.7 Å². The van der Waals surface area contributed by atoms with Gasteiger partial charge in [0.05, 0.1) is 6.10 Å². The minimum atomic E-state index is -0.812. The van der Waals surface area contributed by atoms with E-state index >= 15 is 0 Å². The first-order chi connectivity index (χ1) is 12.0. The van der Waals surface area contributed by atoms with Gasteiger partial charge >= 0.3 is 0 Å². The van der Waals surface area contributed by atoms with Crippen molar-refractivity contribution in [2.45, 2.75) is 51.3 Å². The van der Waals surface area contributed by atoms with Gasteiger partial charge in [-0.05, 0) is 50.3 Å². The average Bonchev–Trinajstić information content (AvgIpc) is 2.60. The summed E-state index contributed by atoms with van der Waals surface area (Å²) in [7, 11) is 0. The van der Waals surface area contributed by atoms with Gasteiger partial charge < -0.3 is 10.1 Å². The maximum Gasteiger partial charge on any atom is 0.223 e. The van der Waals surface area contributed by atoms with E-state index in [-0.39, 0.29) is 24.0 Å². The van der Waals surface area contributed by atoms with E-state index in [1.807, 2.05) is 6.92 Å². The van der Waals surface area contributed by atoms with E-state index in [0.717, 1.165) is 44.3 Å². The SMILES string of the molecule is CC1CC(C(=O)NC2CCN(Cc3ccc(F)c(F)c3)CC2)CCO1. The summed E-state index contributed by atoms with van der Waals surface area (Å²) in [5.41, 5.74) is 0.776. The van der Waals surface area contributed by atoms with E-state index < -0.39 is 11.6 Å². The zero-order valence-corrected chi connectivity index (χ0v) is 14.6. The summed E-state index contributed by atoms with van der Waals surface area (Å²) in [6.07, 6.45) is 3.51. The first-order valence-electron chi connectivity index (χ1n) is 9.09. The monoisotopic (exact) mass is 352 g/mol. The Bertz CT molecular complexity index is 603. The van der Waals surface area contributed by atoms with Gasteiger partial charge in [-0.2, -0.15) is 0 Å². The van der Waals surface area contributed by atoms with Crippen LogP contribution in [0.2, 0.25) is 0 Å². The van der Waals surface area contributed by atoms with Crippen LogP contribution in [-0.4, -0.2) is 42.6 Å². The lowest BCUT2D eigenvalue weighted by Crippen LogP contribution is -2.47. The highest BCUT2D eigenvalue weighted by atomic mass is 19.2. The summed E-state index contributed by atoms with van der Waals surface area (Å²) in [4.78, 5) is 14.6. The van der Waals surface area contributed by atoms with Crippen molar-refractivity contribution >= 4 is 5.91 Å². The Morgan fingerprint density at radius 3 is 2.68 bits per heavy atom. The number of halogens is 2. The molecule has 2 unspecified atom stereocenters. The number of amides is 1. The third-order valence-electron chi connectivity index (χ3n) is 5.18. The van der Waals surface area contributed by atoms with E-state index in [0.29, 0.717) is 13.2 Å². The molecule has 2 aliphatic rings. The lowest BCUT2D eigenvalue weighted by molar-refractivity contribution is -0.130. The molecule has 1 N–H and O–H groups in total. The number of likely N-dealkylation sites (tertiary alicyclic amines) is 1. The molecule has 2 heterocycles. The highest BCUT2D eigenvalue weighted by Gasteiger charge is 2.28. The first kappa shape index (κ1) is 18.3. The van der Waals surface area contributed by atoms with E-state index in [1.165, 1.54) is 12.1 Å². The Balaban J connectivity index is 1.43. The number of carbonyl (C=O) groups excluding carboxylic acids is 1. The molecule has 0 spiro atoms. The van der Waals surface area contributed by atoms with E-state index in [4.69, 9.17) is 4.74 Å². The lowest BCUT2D eigenvalue weighted by Gasteiger charge is -2.34. The normalized spacial score (nSPS) is 25.7. The number of ether oxygens (including phenoxy) is 1. The third-order valence-corrected chi connectivity index (χ3v) is 5.18. The highest BCUT2D eigenvalue weighted by molar-refractivity contribution is 5.79. The second-order valence-corrected chi connectivity index (χ2v) is 7.21. The van der Waals surface area contributed by atoms with Crippen molar-refractivity contribution in [3.05, 3.63) is 35.4 Å². The summed E-state index contributed by atoms with van der Waals surface area (Å²) < 4.78 is 31.8. The Kier molecular flexibility index (Phi) is 6.02. The number of rotatable bonds is 4. The highest BCUT2D eigenvalue weighted by Crippen LogP contribution is 2.21. The van der Waals surface area contributed by atoms with Crippen LogP contribution in [0.3, 0.4) is 0 Å². The van der Waals surface area contributed by atoms with Crippen molar-refractivity contribution < 1.29 is 18.3 Å². The number of hydrogen-bond acceptors (Lipinski definition) is 3. The van der Waals surface area contributed by atoms with Crippen LogP contribution in [0, 0.1) is 17.6 Å². The molecule has 2 atom stereocenters. The molecule has 138 valence electrons. The number of benzene rings is 1. The molecule has 2 fully saturated rings. The second kappa shape index (κ2) is 8.23. The van der Waals surface area contributed by atoms with E-state index in [1.54, 1.807) is 6.07 Å². The summed E-state index contributed by atoms with van der Waals surface area (Å²) in [5, 5.41) is 3.18. The van der Waals surface area contributed by atoms with Crippen LogP contribution in [0.4, 0.5) is 8.78 Å². The quantitative estimate of drug-likeness (QED) is 0.906. The summed E-state index contributed by atoms with van der Waals surface area (Å²) in [6, 6.07) is 4.26. The molecule has 6 heteroatoms. The van der Waals surface area contributed by atoms with Crippen LogP contribution in [0.1, 0.15) is 38.2 Å². The van der Waals surface area contributed by atoms with Crippen LogP contribution in [0.15, 0.2) is 18.2 Å². The second-order valence-electron chi connectivity index (χ2n) is 7.21. The Hall–Kier alpha value is -1.53. The van der Waals surface area contributed by atoms with Crippen LogP contribution >= 0.6 is 0 Å². The molecule has 2 saturated heterocycles. The van der Waals surface area contributed by atoms with Crippen LogP contribution in [0.5, 0.6) is 0 Å². The Morgan fingerprint density at radius 1 is 1.24 bits per heavy atom. The van der Waals surface area contributed by atoms with Crippen molar-refractivity contribution in [1.82, 2.24) is 10.2 Å². The fraction of sp³-hybridized carbons (Fsp3) is 0.632. The van der Waals surface area contributed by atoms with E-state index in [2.05, 4.69) is 10.2 Å². The maximum absolute atomic E-state index is 13.3. The van der Waals surface area contributed by atoms with Gasteiger partial charge in [-0.25, -0.2) is 8.78 Å². The zero-order chi connectivity index (χ0) is 17.8. The summed E-state index contributed by atoms with van der Waals surface area (Å²) in [5.74, 6) is -1.41. The summed E-state index contributed by atoms with van der Waals surface area (Å²) in [6.45, 7) is 4.96. The number of piperidine rings is 1. The molecule has 25 heavy (non-hydrogen) atoms. The number of nitrogens with one attached hydrogen (secondary N) is 1. The predicted octanol–water partition coefficient (Wildman–Crippen LogP) is 2.86. The third kappa shape index (κ3) is 4.98. The topological polar surface area (TPSA) is 41.6 Å². The average molecular weight is 352 g/mol. The molecule has 2 aliphatic heterocycles. The first-order valence-corrected chi connectivity index (χ1v) is 9.09. The van der Waals surface area contributed by atoms with Gasteiger partial charge in [0.15, 0.2) is 11.6 Å². The van der Waals surface area contributed by atoms with Crippen LogP contribution in [0.25, 0.3) is 0 Å². The molecule has 0 saturated carbocycles. The largest absolute Gasteiger partial charge is 0.378 e. The van der Waals surface area contributed by atoms with Crippen molar-refractivity contribution in [3.8, 4) is 0 Å². The van der Waals surface area contributed by atoms with Gasteiger partial charge in [0.2, 0.25) is 5.91 Å². The van der Waals surface area contributed by atoms with Gasteiger partial charge in [0, 0.05) is 38.2 Å². The van der Waals surface area contributed by atoms with Gasteiger partial charge in [-0.3, -0.25) is 9.69 Å². The molecule has 1 aromatic carbocycles. The fourth-order valence-electron chi connectivity index (χ4n) is 3.69. The smallest absolute Gasteiger partial charge is 0.223 e. The van der Waals surface area contributed by atoms with Gasteiger partial charge in [0.1, 0.15) is 0 Å². The van der Waals surface area contributed by atoms with Crippen molar-refractivity contribution in [2.24, 2.45) is 5.92 Å². The van der Waals surface area contributed by atoms with Crippen molar-refractivity contribution in [1.29, 1.82) is 0 Å². The van der Waals surface area contributed by atoms with Crippen LogP contribution in [-0.2, 0) is 16.1 Å². The summed E-state index contributed by atoms with van der Waals surface area (Å²) >= 11 is 0. The fourth-order valence-corrected chi connectivity index (χ4v) is 3.69. The van der Waals surface area contributed by atoms with Crippen molar-refractivity contribution in [3.63, 3.8) is 0 Å². The van der Waals surface area contributed by atoms with Crippen LogP contribution < -0.4 is 5.32 Å². The zero-order valence-electron chi connectivity index (χ0n) is 14.6. The van der Waals surface area contributed by atoms with Gasteiger partial charge in [-0.15, -0.1) is 0 Å². The van der Waals surface area contributed by atoms with Gasteiger partial charge in [-0.1, -0.05) is 6.07 Å². The number of carbonyl (C=O) groups is 1. The molecule has 0 radical (unpaired) electrons. The number of nitrogens with zero attached hydrogens (tertiary/aromatic N) is 1. The maximum atomic E-state index is 13.3. The Labute approximate surface area is 147 Å². The molecule has 0 aliphatic carbocycles. The Morgan fingerprint density at radius 2 is 2.00 bits per heavy atom. The molecular weight excluding hydrogens is 326 g/mol. The van der Waals surface area contributed by atoms with E-state index in [9.17, 15) is 13.6 Å². The standard InChI is InChI=1S/C19H26F2N2O2/c1-13-10-15(6-9-25-13)19(24)22-16-4-7-23(8-5-16)12-14-2-3-17(20)18(21)11-14/h2-3,11,13,15-16H,4-10,12H2,1H3,(H,22,24). The lowest BCUT2D eigenvalue weighted by atomic mass is 9.94.